The average Bonchev–Trinajstić information content (AvgIpc) is 3.37. The Morgan fingerprint density at radius 1 is 0.879 bits per heavy atom. The third-order valence-electron chi connectivity index (χ3n) is 6.22. The maximum absolute atomic E-state index is 13.1. The van der Waals surface area contributed by atoms with E-state index < -0.39 is 11.7 Å². The number of aromatic nitrogens is 2. The van der Waals surface area contributed by atoms with E-state index in [0.717, 1.165) is 60.7 Å². The van der Waals surface area contributed by atoms with Crippen LogP contribution in [0.15, 0.2) is 54.6 Å². The molecular weight excluding hydrogens is 429 g/mol. The fourth-order valence-electron chi connectivity index (χ4n) is 4.46. The molecule has 2 aromatic carbocycles. The zero-order chi connectivity index (χ0) is 23.0. The highest BCUT2D eigenvalue weighted by molar-refractivity contribution is 5.94. The second kappa shape index (κ2) is 8.50. The molecule has 2 aliphatic rings. The van der Waals surface area contributed by atoms with Crippen molar-refractivity contribution in [3.8, 4) is 11.4 Å². The van der Waals surface area contributed by atoms with Crippen molar-refractivity contribution >= 4 is 11.7 Å². The third-order valence-corrected chi connectivity index (χ3v) is 6.22. The SMILES string of the molecule is O=C(c1ccc(C(F)(F)F)cc1)N1CCc2nc(-c3ccccc3)nc(N3CCCC3)c2C1. The van der Waals surface area contributed by atoms with Gasteiger partial charge in [0.1, 0.15) is 5.82 Å². The first kappa shape index (κ1) is 21.4. The second-order valence-corrected chi connectivity index (χ2v) is 8.41. The van der Waals surface area contributed by atoms with Gasteiger partial charge in [-0.3, -0.25) is 4.79 Å². The molecule has 0 aliphatic carbocycles. The van der Waals surface area contributed by atoms with Crippen LogP contribution >= 0.6 is 0 Å². The molecule has 3 heterocycles. The highest BCUT2D eigenvalue weighted by Gasteiger charge is 2.32. The second-order valence-electron chi connectivity index (χ2n) is 8.41. The van der Waals surface area contributed by atoms with E-state index in [0.29, 0.717) is 25.3 Å². The molecular formula is C25H23F3N4O. The Bertz CT molecular complexity index is 1160. The summed E-state index contributed by atoms with van der Waals surface area (Å²) in [5.41, 5.74) is 2.30. The van der Waals surface area contributed by atoms with Crippen molar-refractivity contribution in [1.82, 2.24) is 14.9 Å². The van der Waals surface area contributed by atoms with E-state index in [1.165, 1.54) is 12.1 Å². The molecule has 2 aliphatic heterocycles. The molecule has 0 N–H and O–H groups in total. The van der Waals surface area contributed by atoms with Gasteiger partial charge in [0, 0.05) is 42.7 Å². The molecule has 1 saturated heterocycles. The Morgan fingerprint density at radius 3 is 2.24 bits per heavy atom. The van der Waals surface area contributed by atoms with Gasteiger partial charge >= 0.3 is 6.18 Å². The predicted octanol–water partition coefficient (Wildman–Crippen LogP) is 4.96. The van der Waals surface area contributed by atoms with Crippen LogP contribution in [0.4, 0.5) is 19.0 Å². The van der Waals surface area contributed by atoms with Gasteiger partial charge in [-0.1, -0.05) is 30.3 Å². The lowest BCUT2D eigenvalue weighted by atomic mass is 10.0. The van der Waals surface area contributed by atoms with Crippen LogP contribution in [0.3, 0.4) is 0 Å². The highest BCUT2D eigenvalue weighted by Crippen LogP contribution is 2.33. The van der Waals surface area contributed by atoms with E-state index in [-0.39, 0.29) is 11.5 Å². The van der Waals surface area contributed by atoms with Crippen LogP contribution in [0.5, 0.6) is 0 Å². The molecule has 1 aromatic heterocycles. The molecule has 0 atom stereocenters. The molecule has 0 saturated carbocycles. The first-order valence-electron chi connectivity index (χ1n) is 11.1. The van der Waals surface area contributed by atoms with Crippen molar-refractivity contribution in [1.29, 1.82) is 0 Å². The molecule has 5 rings (SSSR count). The minimum Gasteiger partial charge on any atom is -0.356 e. The third kappa shape index (κ3) is 4.29. The van der Waals surface area contributed by atoms with Crippen molar-refractivity contribution < 1.29 is 18.0 Å². The molecule has 1 amide bonds. The highest BCUT2D eigenvalue weighted by atomic mass is 19.4. The molecule has 0 bridgehead atoms. The van der Waals surface area contributed by atoms with Gasteiger partial charge in [-0.2, -0.15) is 13.2 Å². The normalized spacial score (nSPS) is 16.1. The van der Waals surface area contributed by atoms with Gasteiger partial charge in [0.2, 0.25) is 0 Å². The molecule has 33 heavy (non-hydrogen) atoms. The van der Waals surface area contributed by atoms with Crippen molar-refractivity contribution in [3.63, 3.8) is 0 Å². The summed E-state index contributed by atoms with van der Waals surface area (Å²) in [6.45, 7) is 2.61. The molecule has 0 unspecified atom stereocenters. The minimum absolute atomic E-state index is 0.246. The van der Waals surface area contributed by atoms with Gasteiger partial charge < -0.3 is 9.80 Å². The van der Waals surface area contributed by atoms with Gasteiger partial charge in [-0.15, -0.1) is 0 Å². The number of rotatable bonds is 3. The molecule has 5 nitrogen and oxygen atoms in total. The summed E-state index contributed by atoms with van der Waals surface area (Å²) in [5.74, 6) is 1.26. The standard InChI is InChI=1S/C25H23F3N4O/c26-25(27,28)19-10-8-18(9-11-19)24(33)32-15-12-21-20(16-32)23(31-13-4-5-14-31)30-22(29-21)17-6-2-1-3-7-17/h1-3,6-11H,4-5,12-16H2. The molecule has 8 heteroatoms. The van der Waals surface area contributed by atoms with Crippen molar-refractivity contribution in [3.05, 3.63) is 77.0 Å². The van der Waals surface area contributed by atoms with Crippen LogP contribution < -0.4 is 4.90 Å². The number of amides is 1. The van der Waals surface area contributed by atoms with E-state index in [9.17, 15) is 18.0 Å². The Morgan fingerprint density at radius 2 is 1.58 bits per heavy atom. The summed E-state index contributed by atoms with van der Waals surface area (Å²) in [4.78, 5) is 26.7. The number of halogens is 3. The van der Waals surface area contributed by atoms with Crippen LogP contribution in [-0.4, -0.2) is 40.4 Å². The lowest BCUT2D eigenvalue weighted by Crippen LogP contribution is -2.38. The maximum Gasteiger partial charge on any atom is 0.416 e. The minimum atomic E-state index is -4.43. The van der Waals surface area contributed by atoms with E-state index in [4.69, 9.17) is 9.97 Å². The van der Waals surface area contributed by atoms with Crippen LogP contribution in [0.25, 0.3) is 11.4 Å². The number of fused-ring (bicyclic) bond motifs is 1. The largest absolute Gasteiger partial charge is 0.416 e. The topological polar surface area (TPSA) is 49.3 Å². The summed E-state index contributed by atoms with van der Waals surface area (Å²) in [7, 11) is 0. The zero-order valence-corrected chi connectivity index (χ0v) is 18.0. The van der Waals surface area contributed by atoms with Gasteiger partial charge in [-0.05, 0) is 37.1 Å². The number of benzene rings is 2. The van der Waals surface area contributed by atoms with E-state index in [2.05, 4.69) is 4.90 Å². The Hall–Kier alpha value is -3.42. The molecule has 0 radical (unpaired) electrons. The molecule has 1 fully saturated rings. The van der Waals surface area contributed by atoms with Gasteiger partial charge in [0.25, 0.3) is 5.91 Å². The number of anilines is 1. The van der Waals surface area contributed by atoms with Gasteiger partial charge in [-0.25, -0.2) is 9.97 Å². The van der Waals surface area contributed by atoms with Crippen molar-refractivity contribution in [2.24, 2.45) is 0 Å². The monoisotopic (exact) mass is 452 g/mol. The van der Waals surface area contributed by atoms with E-state index >= 15 is 0 Å². The lowest BCUT2D eigenvalue weighted by Gasteiger charge is -2.32. The summed E-state index contributed by atoms with van der Waals surface area (Å²) in [6.07, 6.45) is -1.67. The fraction of sp³-hybridized carbons (Fsp3) is 0.320. The first-order chi connectivity index (χ1) is 15.9. The maximum atomic E-state index is 13.1. The number of hydrogen-bond donors (Lipinski definition) is 0. The van der Waals surface area contributed by atoms with Gasteiger partial charge in [0.05, 0.1) is 17.8 Å². The van der Waals surface area contributed by atoms with Crippen molar-refractivity contribution in [2.45, 2.75) is 32.0 Å². The fourth-order valence-corrected chi connectivity index (χ4v) is 4.46. The van der Waals surface area contributed by atoms with E-state index in [1.54, 1.807) is 4.90 Å². The number of alkyl halides is 3. The lowest BCUT2D eigenvalue weighted by molar-refractivity contribution is -0.137. The number of hydrogen-bond acceptors (Lipinski definition) is 4. The zero-order valence-electron chi connectivity index (χ0n) is 18.0. The summed E-state index contributed by atoms with van der Waals surface area (Å²) >= 11 is 0. The predicted molar refractivity (Wildman–Crippen MR) is 119 cm³/mol. The summed E-state index contributed by atoms with van der Waals surface area (Å²) in [6, 6.07) is 14.2. The van der Waals surface area contributed by atoms with Crippen LogP contribution in [0, 0.1) is 0 Å². The number of carbonyl (C=O) groups is 1. The molecule has 0 spiro atoms. The molecule has 3 aromatic rings. The van der Waals surface area contributed by atoms with Crippen LogP contribution in [-0.2, 0) is 19.1 Å². The van der Waals surface area contributed by atoms with E-state index in [1.807, 2.05) is 30.3 Å². The van der Waals surface area contributed by atoms with Crippen LogP contribution in [0.1, 0.15) is 40.0 Å². The number of nitrogens with zero attached hydrogens (tertiary/aromatic N) is 4. The smallest absolute Gasteiger partial charge is 0.356 e. The first-order valence-corrected chi connectivity index (χ1v) is 11.1. The Balaban J connectivity index is 1.46. The summed E-state index contributed by atoms with van der Waals surface area (Å²) in [5, 5.41) is 0. The molecule has 170 valence electrons. The average molecular weight is 452 g/mol. The van der Waals surface area contributed by atoms with Crippen LogP contribution in [0.2, 0.25) is 0 Å². The number of carbonyl (C=O) groups excluding carboxylic acids is 1. The Labute approximate surface area is 189 Å². The quantitative estimate of drug-likeness (QED) is 0.564. The van der Waals surface area contributed by atoms with Crippen molar-refractivity contribution in [2.75, 3.05) is 24.5 Å². The summed E-state index contributed by atoms with van der Waals surface area (Å²) < 4.78 is 38.6. The Kier molecular flexibility index (Phi) is 5.52. The van der Waals surface area contributed by atoms with Gasteiger partial charge in [0.15, 0.2) is 5.82 Å².